The van der Waals surface area contributed by atoms with Crippen LogP contribution in [0.15, 0.2) is 23.9 Å². The molecule has 1 aliphatic rings. The summed E-state index contributed by atoms with van der Waals surface area (Å²) in [6.07, 6.45) is 1.66. The van der Waals surface area contributed by atoms with Crippen LogP contribution in [0.5, 0.6) is 11.5 Å². The number of benzene rings is 1. The van der Waals surface area contributed by atoms with E-state index in [0.29, 0.717) is 22.8 Å². The molecule has 1 aromatic rings. The van der Waals surface area contributed by atoms with Crippen LogP contribution in [0.1, 0.15) is 5.56 Å². The van der Waals surface area contributed by atoms with Gasteiger partial charge >= 0.3 is 0 Å². The summed E-state index contributed by atoms with van der Waals surface area (Å²) in [7, 11) is 4.78. The van der Waals surface area contributed by atoms with Crippen molar-refractivity contribution in [2.45, 2.75) is 0 Å². The van der Waals surface area contributed by atoms with Crippen molar-refractivity contribution in [1.29, 1.82) is 5.41 Å². The van der Waals surface area contributed by atoms with Crippen LogP contribution in [0.2, 0.25) is 0 Å². The Labute approximate surface area is 111 Å². The Kier molecular flexibility index (Phi) is 3.41. The molecule has 2 N–H and O–H groups in total. The van der Waals surface area contributed by atoms with Gasteiger partial charge in [0.25, 0.3) is 5.91 Å². The van der Waals surface area contributed by atoms with E-state index >= 15 is 0 Å². The minimum absolute atomic E-state index is 0.0538. The molecule has 0 bridgehead atoms. The van der Waals surface area contributed by atoms with Crippen LogP contribution in [0.25, 0.3) is 6.08 Å². The molecule has 1 heterocycles. The predicted octanol–water partition coefficient (Wildman–Crippen LogP) is 1.04. The Morgan fingerprint density at radius 1 is 1.32 bits per heavy atom. The van der Waals surface area contributed by atoms with Crippen LogP contribution >= 0.6 is 0 Å². The second-order valence-corrected chi connectivity index (χ2v) is 4.00. The SMILES string of the molecule is COc1ccc(OC)c(/C=C2/C(=O)NC(=N)N2C)c1. The van der Waals surface area contributed by atoms with E-state index in [2.05, 4.69) is 5.32 Å². The van der Waals surface area contributed by atoms with Gasteiger partial charge in [0, 0.05) is 12.6 Å². The van der Waals surface area contributed by atoms with E-state index in [9.17, 15) is 4.79 Å². The Hall–Kier alpha value is -2.50. The van der Waals surface area contributed by atoms with Crippen molar-refractivity contribution in [3.8, 4) is 11.5 Å². The zero-order valence-corrected chi connectivity index (χ0v) is 11.0. The predicted molar refractivity (Wildman–Crippen MR) is 71.2 cm³/mol. The summed E-state index contributed by atoms with van der Waals surface area (Å²) in [4.78, 5) is 13.2. The molecule has 0 spiro atoms. The van der Waals surface area contributed by atoms with E-state index < -0.39 is 0 Å². The third-order valence-corrected chi connectivity index (χ3v) is 2.89. The molecule has 6 heteroatoms. The molecule has 1 aromatic carbocycles. The number of ether oxygens (including phenoxy) is 2. The third kappa shape index (κ3) is 2.37. The quantitative estimate of drug-likeness (QED) is 0.797. The third-order valence-electron chi connectivity index (χ3n) is 2.89. The number of hydrogen-bond acceptors (Lipinski definition) is 4. The smallest absolute Gasteiger partial charge is 0.274 e. The number of rotatable bonds is 3. The largest absolute Gasteiger partial charge is 0.497 e. The van der Waals surface area contributed by atoms with Crippen molar-refractivity contribution >= 4 is 17.9 Å². The molecule has 1 amide bonds. The van der Waals surface area contributed by atoms with Gasteiger partial charge in [0.15, 0.2) is 0 Å². The maximum atomic E-state index is 11.7. The minimum Gasteiger partial charge on any atom is -0.497 e. The molecule has 0 unspecified atom stereocenters. The molecule has 2 rings (SSSR count). The molecule has 0 aromatic heterocycles. The minimum atomic E-state index is -0.308. The Bertz CT molecular complexity index is 566. The first-order valence-electron chi connectivity index (χ1n) is 5.64. The lowest BCUT2D eigenvalue weighted by Gasteiger charge is -2.11. The number of hydrogen-bond donors (Lipinski definition) is 2. The highest BCUT2D eigenvalue weighted by Crippen LogP contribution is 2.27. The fraction of sp³-hybridized carbons (Fsp3) is 0.231. The number of nitrogens with one attached hydrogen (secondary N) is 2. The Balaban J connectivity index is 2.47. The van der Waals surface area contributed by atoms with Crippen LogP contribution in [0.4, 0.5) is 0 Å². The lowest BCUT2D eigenvalue weighted by atomic mass is 10.1. The van der Waals surface area contributed by atoms with E-state index in [1.165, 1.54) is 4.90 Å². The van der Waals surface area contributed by atoms with Gasteiger partial charge in [-0.1, -0.05) is 0 Å². The number of guanidine groups is 1. The summed E-state index contributed by atoms with van der Waals surface area (Å²) in [5.74, 6) is 1.05. The maximum Gasteiger partial charge on any atom is 0.274 e. The van der Waals surface area contributed by atoms with Crippen molar-refractivity contribution in [2.75, 3.05) is 21.3 Å². The van der Waals surface area contributed by atoms with Gasteiger partial charge in [-0.15, -0.1) is 0 Å². The molecule has 100 valence electrons. The van der Waals surface area contributed by atoms with Crippen molar-refractivity contribution in [3.05, 3.63) is 29.5 Å². The fourth-order valence-electron chi connectivity index (χ4n) is 1.79. The van der Waals surface area contributed by atoms with Gasteiger partial charge in [0.05, 0.1) is 14.2 Å². The van der Waals surface area contributed by atoms with E-state index in [0.717, 1.165) is 0 Å². The normalized spacial score (nSPS) is 16.8. The number of amides is 1. The molecular formula is C13H15N3O3. The zero-order chi connectivity index (χ0) is 14.0. The fourth-order valence-corrected chi connectivity index (χ4v) is 1.79. The van der Waals surface area contributed by atoms with Crippen molar-refractivity contribution in [2.24, 2.45) is 0 Å². The van der Waals surface area contributed by atoms with Crippen LogP contribution in [-0.4, -0.2) is 38.0 Å². The lowest BCUT2D eigenvalue weighted by Crippen LogP contribution is -2.25. The average molecular weight is 261 g/mol. The van der Waals surface area contributed by atoms with Gasteiger partial charge in [-0.25, -0.2) is 0 Å². The standard InChI is InChI=1S/C13H15N3O3/c1-16-10(12(17)15-13(16)14)7-8-6-9(18-2)4-5-11(8)19-3/h4-7H,1-3H3,(H2,14,15,17)/b10-7-. The highest BCUT2D eigenvalue weighted by Gasteiger charge is 2.27. The first-order valence-corrected chi connectivity index (χ1v) is 5.64. The first kappa shape index (κ1) is 12.9. The number of carbonyl (C=O) groups is 1. The summed E-state index contributed by atoms with van der Waals surface area (Å²) in [6.45, 7) is 0. The summed E-state index contributed by atoms with van der Waals surface area (Å²) in [5, 5.41) is 9.99. The van der Waals surface area contributed by atoms with Gasteiger partial charge in [-0.2, -0.15) is 0 Å². The van der Waals surface area contributed by atoms with Crippen molar-refractivity contribution in [3.63, 3.8) is 0 Å². The lowest BCUT2D eigenvalue weighted by molar-refractivity contribution is -0.115. The summed E-state index contributed by atoms with van der Waals surface area (Å²) in [6, 6.07) is 5.32. The number of nitrogens with zero attached hydrogens (tertiary/aromatic N) is 1. The highest BCUT2D eigenvalue weighted by molar-refractivity contribution is 6.14. The maximum absolute atomic E-state index is 11.7. The summed E-state index contributed by atoms with van der Waals surface area (Å²) < 4.78 is 10.4. The van der Waals surface area contributed by atoms with Gasteiger partial charge in [0.1, 0.15) is 17.2 Å². The average Bonchev–Trinajstić information content (AvgIpc) is 2.65. The van der Waals surface area contributed by atoms with Crippen molar-refractivity contribution in [1.82, 2.24) is 10.2 Å². The number of carbonyl (C=O) groups excluding carboxylic acids is 1. The molecule has 6 nitrogen and oxygen atoms in total. The molecule has 19 heavy (non-hydrogen) atoms. The monoisotopic (exact) mass is 261 g/mol. The molecule has 0 atom stereocenters. The number of likely N-dealkylation sites (N-methyl/N-ethyl adjacent to an activating group) is 1. The molecule has 0 aliphatic carbocycles. The van der Waals surface area contributed by atoms with E-state index in [4.69, 9.17) is 14.9 Å². The van der Waals surface area contributed by atoms with E-state index in [1.54, 1.807) is 45.5 Å². The van der Waals surface area contributed by atoms with Crippen LogP contribution in [0.3, 0.4) is 0 Å². The topological polar surface area (TPSA) is 74.6 Å². The van der Waals surface area contributed by atoms with E-state index in [1.807, 2.05) is 0 Å². The molecule has 1 fully saturated rings. The summed E-state index contributed by atoms with van der Waals surface area (Å²) >= 11 is 0. The second-order valence-electron chi connectivity index (χ2n) is 4.00. The number of methoxy groups -OCH3 is 2. The zero-order valence-electron chi connectivity index (χ0n) is 11.0. The highest BCUT2D eigenvalue weighted by atomic mass is 16.5. The Morgan fingerprint density at radius 3 is 2.58 bits per heavy atom. The van der Waals surface area contributed by atoms with Crippen LogP contribution in [0, 0.1) is 5.41 Å². The van der Waals surface area contributed by atoms with Crippen molar-refractivity contribution < 1.29 is 14.3 Å². The van der Waals surface area contributed by atoms with Gasteiger partial charge in [0.2, 0.25) is 5.96 Å². The first-order chi connectivity index (χ1) is 9.06. The van der Waals surface area contributed by atoms with E-state index in [-0.39, 0.29) is 11.9 Å². The van der Waals surface area contributed by atoms with Crippen LogP contribution in [-0.2, 0) is 4.79 Å². The molecular weight excluding hydrogens is 246 g/mol. The molecule has 0 saturated carbocycles. The molecule has 0 radical (unpaired) electrons. The van der Waals surface area contributed by atoms with Gasteiger partial charge < -0.3 is 14.4 Å². The second kappa shape index (κ2) is 5.01. The summed E-state index contributed by atoms with van der Waals surface area (Å²) in [5.41, 5.74) is 1.10. The molecule has 1 saturated heterocycles. The Morgan fingerprint density at radius 2 is 2.05 bits per heavy atom. The van der Waals surface area contributed by atoms with Crippen LogP contribution < -0.4 is 14.8 Å². The van der Waals surface area contributed by atoms with Gasteiger partial charge in [-0.05, 0) is 24.3 Å². The molecule has 1 aliphatic heterocycles. The van der Waals surface area contributed by atoms with Gasteiger partial charge in [-0.3, -0.25) is 15.5 Å².